The summed E-state index contributed by atoms with van der Waals surface area (Å²) in [6, 6.07) is 13.4. The molecule has 0 fully saturated rings. The van der Waals surface area contributed by atoms with Crippen LogP contribution in [0.2, 0.25) is 5.02 Å². The van der Waals surface area contributed by atoms with Crippen LogP contribution in [0, 0.1) is 6.92 Å². The van der Waals surface area contributed by atoms with E-state index in [0.717, 1.165) is 22.5 Å². The Bertz CT molecular complexity index is 1060. The van der Waals surface area contributed by atoms with Gasteiger partial charge in [0, 0.05) is 18.1 Å². The van der Waals surface area contributed by atoms with E-state index in [9.17, 15) is 18.0 Å². The van der Waals surface area contributed by atoms with E-state index < -0.39 is 28.5 Å². The first-order chi connectivity index (χ1) is 15.6. The number of halogens is 1. The van der Waals surface area contributed by atoms with Crippen LogP contribution in [0.1, 0.15) is 37.8 Å². The fourth-order valence-corrected chi connectivity index (χ4v) is 4.69. The van der Waals surface area contributed by atoms with Crippen molar-refractivity contribution in [2.75, 3.05) is 23.7 Å². The maximum Gasteiger partial charge on any atom is 0.244 e. The van der Waals surface area contributed by atoms with Crippen LogP contribution in [0.3, 0.4) is 0 Å². The number of carbonyl (C=O) groups is 2. The highest BCUT2D eigenvalue weighted by molar-refractivity contribution is 7.92. The van der Waals surface area contributed by atoms with Gasteiger partial charge in [0.05, 0.1) is 11.9 Å². The van der Waals surface area contributed by atoms with Crippen molar-refractivity contribution in [1.82, 2.24) is 10.2 Å². The first-order valence-electron chi connectivity index (χ1n) is 10.9. The Labute approximate surface area is 201 Å². The maximum absolute atomic E-state index is 13.5. The topological polar surface area (TPSA) is 86.8 Å². The highest BCUT2D eigenvalue weighted by Gasteiger charge is 2.31. The molecule has 0 bridgehead atoms. The maximum atomic E-state index is 13.5. The molecule has 0 radical (unpaired) electrons. The zero-order valence-corrected chi connectivity index (χ0v) is 21.1. The molecule has 1 unspecified atom stereocenters. The largest absolute Gasteiger partial charge is 0.354 e. The van der Waals surface area contributed by atoms with E-state index in [2.05, 4.69) is 5.32 Å². The van der Waals surface area contributed by atoms with Crippen LogP contribution < -0.4 is 9.62 Å². The summed E-state index contributed by atoms with van der Waals surface area (Å²) in [5.41, 5.74) is 1.85. The number of nitrogens with zero attached hydrogens (tertiary/aromatic N) is 2. The first-order valence-corrected chi connectivity index (χ1v) is 13.2. The van der Waals surface area contributed by atoms with Crippen molar-refractivity contribution in [3.8, 4) is 0 Å². The minimum absolute atomic E-state index is 0.189. The van der Waals surface area contributed by atoms with Crippen molar-refractivity contribution in [1.29, 1.82) is 0 Å². The number of carbonyl (C=O) groups excluding carboxylic acids is 2. The highest BCUT2D eigenvalue weighted by Crippen LogP contribution is 2.26. The summed E-state index contributed by atoms with van der Waals surface area (Å²) in [6.07, 6.45) is 2.22. The quantitative estimate of drug-likeness (QED) is 0.516. The molecule has 2 aromatic rings. The second-order valence-corrected chi connectivity index (χ2v) is 10.3. The molecule has 0 aromatic heterocycles. The van der Waals surface area contributed by atoms with Crippen LogP contribution >= 0.6 is 11.6 Å². The predicted molar refractivity (Wildman–Crippen MR) is 133 cm³/mol. The van der Waals surface area contributed by atoms with Gasteiger partial charge in [-0.3, -0.25) is 13.9 Å². The molecule has 0 aliphatic carbocycles. The highest BCUT2D eigenvalue weighted by atomic mass is 35.5. The molecule has 1 N–H and O–H groups in total. The molecular formula is C24H32ClN3O4S. The van der Waals surface area contributed by atoms with Crippen molar-refractivity contribution in [3.05, 3.63) is 64.7 Å². The minimum Gasteiger partial charge on any atom is -0.354 e. The van der Waals surface area contributed by atoms with Gasteiger partial charge in [-0.2, -0.15) is 0 Å². The summed E-state index contributed by atoms with van der Waals surface area (Å²) in [6.45, 7) is 5.78. The standard InChI is InChI=1S/C24H32ClN3O4S/c1-5-14-26-24(30)21(6-2)27(16-19-10-8-7-9-11-19)23(29)17-28(33(4,31)32)22-13-12-20(25)15-18(22)3/h7-13,15,21H,5-6,14,16-17H2,1-4H3,(H,26,30). The van der Waals surface area contributed by atoms with Gasteiger partial charge in [-0.05, 0) is 49.1 Å². The molecule has 7 nitrogen and oxygen atoms in total. The third-order valence-electron chi connectivity index (χ3n) is 5.24. The SMILES string of the molecule is CCCNC(=O)C(CC)N(Cc1ccccc1)C(=O)CN(c1ccc(Cl)cc1C)S(C)(=O)=O. The van der Waals surface area contributed by atoms with Crippen LogP contribution in [-0.2, 0) is 26.2 Å². The Morgan fingerprint density at radius 2 is 1.76 bits per heavy atom. The van der Waals surface area contributed by atoms with Gasteiger partial charge in [0.2, 0.25) is 21.8 Å². The number of aryl methyl sites for hydroxylation is 1. The van der Waals surface area contributed by atoms with E-state index in [0.29, 0.717) is 29.2 Å². The lowest BCUT2D eigenvalue weighted by atomic mass is 10.1. The molecule has 2 rings (SSSR count). The Balaban J connectivity index is 2.43. The minimum atomic E-state index is -3.78. The van der Waals surface area contributed by atoms with E-state index in [4.69, 9.17) is 11.6 Å². The Kier molecular flexibility index (Phi) is 9.73. The third-order valence-corrected chi connectivity index (χ3v) is 6.60. The molecule has 1 atom stereocenters. The predicted octanol–water partition coefficient (Wildman–Crippen LogP) is 3.75. The zero-order valence-electron chi connectivity index (χ0n) is 19.5. The van der Waals surface area contributed by atoms with Crippen LogP contribution in [-0.4, -0.2) is 50.5 Å². The summed E-state index contributed by atoms with van der Waals surface area (Å²) in [5, 5.41) is 3.33. The first kappa shape index (κ1) is 26.7. The lowest BCUT2D eigenvalue weighted by Crippen LogP contribution is -2.52. The van der Waals surface area contributed by atoms with E-state index in [1.165, 1.54) is 4.90 Å². The molecular weight excluding hydrogens is 462 g/mol. The van der Waals surface area contributed by atoms with Crippen molar-refractivity contribution in [2.45, 2.75) is 46.2 Å². The average molecular weight is 494 g/mol. The van der Waals surface area contributed by atoms with Crippen LogP contribution in [0.25, 0.3) is 0 Å². The van der Waals surface area contributed by atoms with E-state index >= 15 is 0 Å². The van der Waals surface area contributed by atoms with Crippen LogP contribution in [0.4, 0.5) is 5.69 Å². The van der Waals surface area contributed by atoms with E-state index in [-0.39, 0.29) is 12.5 Å². The number of sulfonamides is 1. The summed E-state index contributed by atoms with van der Waals surface area (Å²) < 4.78 is 26.4. The fourth-order valence-electron chi connectivity index (χ4n) is 3.56. The lowest BCUT2D eigenvalue weighted by molar-refractivity contribution is -0.140. The fraction of sp³-hybridized carbons (Fsp3) is 0.417. The molecule has 0 spiro atoms. The van der Waals surface area contributed by atoms with Crippen LogP contribution in [0.15, 0.2) is 48.5 Å². The van der Waals surface area contributed by atoms with Crippen LogP contribution in [0.5, 0.6) is 0 Å². The van der Waals surface area contributed by atoms with Gasteiger partial charge in [-0.1, -0.05) is 55.8 Å². The molecule has 0 saturated heterocycles. The van der Waals surface area contributed by atoms with Gasteiger partial charge in [-0.15, -0.1) is 0 Å². The smallest absolute Gasteiger partial charge is 0.244 e. The summed E-state index contributed by atoms with van der Waals surface area (Å²) in [7, 11) is -3.78. The average Bonchev–Trinajstić information content (AvgIpc) is 2.76. The van der Waals surface area contributed by atoms with Gasteiger partial charge < -0.3 is 10.2 Å². The molecule has 0 saturated carbocycles. The second kappa shape index (κ2) is 12.0. The van der Waals surface area contributed by atoms with Gasteiger partial charge >= 0.3 is 0 Å². The van der Waals surface area contributed by atoms with E-state index in [1.54, 1.807) is 25.1 Å². The molecule has 0 aliphatic rings. The van der Waals surface area contributed by atoms with Gasteiger partial charge in [-0.25, -0.2) is 8.42 Å². The molecule has 0 aliphatic heterocycles. The van der Waals surface area contributed by atoms with Crippen molar-refractivity contribution < 1.29 is 18.0 Å². The van der Waals surface area contributed by atoms with Gasteiger partial charge in [0.1, 0.15) is 12.6 Å². The number of benzene rings is 2. The molecule has 33 heavy (non-hydrogen) atoms. The van der Waals surface area contributed by atoms with Crippen molar-refractivity contribution in [2.24, 2.45) is 0 Å². The van der Waals surface area contributed by atoms with Gasteiger partial charge in [0.15, 0.2) is 0 Å². The summed E-state index contributed by atoms with van der Waals surface area (Å²) in [5.74, 6) is -0.714. The number of amides is 2. The number of rotatable bonds is 11. The zero-order chi connectivity index (χ0) is 24.6. The number of anilines is 1. The van der Waals surface area contributed by atoms with Gasteiger partial charge in [0.25, 0.3) is 0 Å². The molecule has 2 amide bonds. The Morgan fingerprint density at radius 3 is 2.30 bits per heavy atom. The summed E-state index contributed by atoms with van der Waals surface area (Å²) in [4.78, 5) is 27.9. The van der Waals surface area contributed by atoms with Crippen molar-refractivity contribution in [3.63, 3.8) is 0 Å². The third kappa shape index (κ3) is 7.47. The number of hydrogen-bond acceptors (Lipinski definition) is 4. The molecule has 180 valence electrons. The Hall–Kier alpha value is -2.58. The summed E-state index contributed by atoms with van der Waals surface area (Å²) >= 11 is 6.03. The molecule has 0 heterocycles. The lowest BCUT2D eigenvalue weighted by Gasteiger charge is -2.33. The number of nitrogens with one attached hydrogen (secondary N) is 1. The Morgan fingerprint density at radius 1 is 1.09 bits per heavy atom. The number of hydrogen-bond donors (Lipinski definition) is 1. The van der Waals surface area contributed by atoms with Crippen molar-refractivity contribution >= 4 is 39.1 Å². The van der Waals surface area contributed by atoms with E-state index in [1.807, 2.05) is 44.2 Å². The molecule has 9 heteroatoms. The monoisotopic (exact) mass is 493 g/mol. The second-order valence-electron chi connectivity index (χ2n) is 7.92. The molecule has 2 aromatic carbocycles. The normalized spacial score (nSPS) is 12.2.